The largest absolute Gasteiger partial charge is 0.373 e. The van der Waals surface area contributed by atoms with Crippen LogP contribution in [0, 0.1) is 0 Å². The van der Waals surface area contributed by atoms with E-state index in [1.807, 2.05) is 24.8 Å². The summed E-state index contributed by atoms with van der Waals surface area (Å²) in [5.41, 5.74) is 3.87. The fourth-order valence-electron chi connectivity index (χ4n) is 2.42. The second kappa shape index (κ2) is 6.68. The van der Waals surface area contributed by atoms with Crippen LogP contribution in [0.4, 0.5) is 5.69 Å². The van der Waals surface area contributed by atoms with Crippen molar-refractivity contribution in [3.63, 3.8) is 0 Å². The molecule has 1 aliphatic carbocycles. The lowest BCUT2D eigenvalue weighted by atomic mass is 10.1. The van der Waals surface area contributed by atoms with E-state index in [0.29, 0.717) is 0 Å². The molecule has 0 bridgehead atoms. The maximum absolute atomic E-state index is 4.28. The number of rotatable bonds is 7. The molecular formula is C17H22N4. The molecule has 0 spiro atoms. The monoisotopic (exact) mass is 282 g/mol. The maximum Gasteiger partial charge on any atom is 0.0595 e. The molecule has 110 valence electrons. The van der Waals surface area contributed by atoms with E-state index in [1.54, 1.807) is 0 Å². The number of likely N-dealkylation sites (N-methyl/N-ethyl adjacent to an activating group) is 1. The molecule has 1 fully saturated rings. The standard InChI is InChI=1S/C17H22N4/c1-21(11-7-14-4-8-18-9-5-14)17-13-19-10-6-15(17)12-20-16-2-3-16/h4-6,8-10,13,16,20H,2-3,7,11-12H2,1H3. The van der Waals surface area contributed by atoms with Gasteiger partial charge in [0.05, 0.1) is 11.9 Å². The number of pyridine rings is 2. The fourth-order valence-corrected chi connectivity index (χ4v) is 2.42. The Morgan fingerprint density at radius 2 is 1.90 bits per heavy atom. The van der Waals surface area contributed by atoms with Gasteiger partial charge in [0.25, 0.3) is 0 Å². The number of hydrogen-bond acceptors (Lipinski definition) is 4. The van der Waals surface area contributed by atoms with E-state index in [0.717, 1.165) is 25.6 Å². The van der Waals surface area contributed by atoms with Crippen LogP contribution < -0.4 is 10.2 Å². The maximum atomic E-state index is 4.28. The summed E-state index contributed by atoms with van der Waals surface area (Å²) in [5.74, 6) is 0. The topological polar surface area (TPSA) is 41.1 Å². The van der Waals surface area contributed by atoms with Gasteiger partial charge in [-0.1, -0.05) is 0 Å². The van der Waals surface area contributed by atoms with E-state index >= 15 is 0 Å². The highest BCUT2D eigenvalue weighted by atomic mass is 15.1. The second-order valence-corrected chi connectivity index (χ2v) is 5.69. The summed E-state index contributed by atoms with van der Waals surface area (Å²) in [6, 6.07) is 7.00. The lowest BCUT2D eigenvalue weighted by molar-refractivity contribution is 0.684. The third-order valence-electron chi connectivity index (χ3n) is 3.94. The minimum Gasteiger partial charge on any atom is -0.373 e. The van der Waals surface area contributed by atoms with E-state index in [-0.39, 0.29) is 0 Å². The van der Waals surface area contributed by atoms with Gasteiger partial charge in [-0.25, -0.2) is 0 Å². The second-order valence-electron chi connectivity index (χ2n) is 5.69. The van der Waals surface area contributed by atoms with Crippen molar-refractivity contribution in [3.05, 3.63) is 54.1 Å². The Kier molecular flexibility index (Phi) is 4.46. The highest BCUT2D eigenvalue weighted by molar-refractivity contribution is 5.51. The Hall–Kier alpha value is -1.94. The quantitative estimate of drug-likeness (QED) is 0.846. The van der Waals surface area contributed by atoms with Gasteiger partial charge in [0.1, 0.15) is 0 Å². The van der Waals surface area contributed by atoms with Crippen molar-refractivity contribution in [1.29, 1.82) is 0 Å². The van der Waals surface area contributed by atoms with Crippen LogP contribution in [0.5, 0.6) is 0 Å². The van der Waals surface area contributed by atoms with Gasteiger partial charge in [-0.3, -0.25) is 9.97 Å². The molecule has 3 rings (SSSR count). The number of nitrogens with zero attached hydrogens (tertiary/aromatic N) is 3. The van der Waals surface area contributed by atoms with Crippen molar-refractivity contribution in [2.45, 2.75) is 31.8 Å². The minimum atomic E-state index is 0.730. The molecule has 2 aromatic rings. The summed E-state index contributed by atoms with van der Waals surface area (Å²) < 4.78 is 0. The van der Waals surface area contributed by atoms with Gasteiger partial charge < -0.3 is 10.2 Å². The van der Waals surface area contributed by atoms with Crippen LogP contribution in [0.25, 0.3) is 0 Å². The molecule has 2 aromatic heterocycles. The van der Waals surface area contributed by atoms with Gasteiger partial charge in [-0.2, -0.15) is 0 Å². The Bertz CT molecular complexity index is 566. The summed E-state index contributed by atoms with van der Waals surface area (Å²) in [6.45, 7) is 1.91. The molecule has 0 atom stereocenters. The first-order chi connectivity index (χ1) is 10.3. The molecule has 0 saturated heterocycles. The molecule has 0 amide bonds. The summed E-state index contributed by atoms with van der Waals surface area (Å²) >= 11 is 0. The molecule has 0 radical (unpaired) electrons. The molecule has 2 heterocycles. The van der Waals surface area contributed by atoms with Crippen LogP contribution in [0.15, 0.2) is 43.0 Å². The van der Waals surface area contributed by atoms with Crippen molar-refractivity contribution in [1.82, 2.24) is 15.3 Å². The van der Waals surface area contributed by atoms with Crippen molar-refractivity contribution in [3.8, 4) is 0 Å². The van der Waals surface area contributed by atoms with Gasteiger partial charge in [0, 0.05) is 44.8 Å². The third kappa shape index (κ3) is 4.02. The van der Waals surface area contributed by atoms with Crippen molar-refractivity contribution in [2.24, 2.45) is 0 Å². The van der Waals surface area contributed by atoms with Crippen LogP contribution in [0.3, 0.4) is 0 Å². The van der Waals surface area contributed by atoms with E-state index < -0.39 is 0 Å². The highest BCUT2D eigenvalue weighted by Gasteiger charge is 2.20. The van der Waals surface area contributed by atoms with Crippen molar-refractivity contribution < 1.29 is 0 Å². The van der Waals surface area contributed by atoms with E-state index in [4.69, 9.17) is 0 Å². The Labute approximate surface area is 126 Å². The van der Waals surface area contributed by atoms with Crippen molar-refractivity contribution >= 4 is 5.69 Å². The molecule has 0 aliphatic heterocycles. The third-order valence-corrected chi connectivity index (χ3v) is 3.94. The summed E-state index contributed by atoms with van der Waals surface area (Å²) in [7, 11) is 2.14. The van der Waals surface area contributed by atoms with Crippen LogP contribution in [-0.2, 0) is 13.0 Å². The Balaban J connectivity index is 1.61. The van der Waals surface area contributed by atoms with Crippen molar-refractivity contribution in [2.75, 3.05) is 18.5 Å². The summed E-state index contributed by atoms with van der Waals surface area (Å²) in [5, 5.41) is 3.58. The SMILES string of the molecule is CN(CCc1ccncc1)c1cnccc1CNC1CC1. The van der Waals surface area contributed by atoms with E-state index in [2.05, 4.69) is 45.4 Å². The average Bonchev–Trinajstić information content (AvgIpc) is 3.36. The first-order valence-electron chi connectivity index (χ1n) is 7.59. The summed E-state index contributed by atoms with van der Waals surface area (Å²) in [4.78, 5) is 10.6. The van der Waals surface area contributed by atoms with Gasteiger partial charge >= 0.3 is 0 Å². The summed E-state index contributed by atoms with van der Waals surface area (Å²) in [6.07, 6.45) is 11.2. The van der Waals surface area contributed by atoms with E-state index in [9.17, 15) is 0 Å². The molecule has 4 heteroatoms. The normalized spacial score (nSPS) is 14.1. The number of anilines is 1. The molecule has 21 heavy (non-hydrogen) atoms. The lowest BCUT2D eigenvalue weighted by Crippen LogP contribution is -2.24. The zero-order chi connectivity index (χ0) is 14.5. The zero-order valence-electron chi connectivity index (χ0n) is 12.5. The lowest BCUT2D eigenvalue weighted by Gasteiger charge is -2.22. The molecule has 1 N–H and O–H groups in total. The predicted octanol–water partition coefficient (Wildman–Crippen LogP) is 2.41. The van der Waals surface area contributed by atoms with Crippen LogP contribution >= 0.6 is 0 Å². The zero-order valence-corrected chi connectivity index (χ0v) is 12.5. The average molecular weight is 282 g/mol. The first-order valence-corrected chi connectivity index (χ1v) is 7.59. The molecule has 0 unspecified atom stereocenters. The predicted molar refractivity (Wildman–Crippen MR) is 85.3 cm³/mol. The minimum absolute atomic E-state index is 0.730. The highest BCUT2D eigenvalue weighted by Crippen LogP contribution is 2.22. The number of aromatic nitrogens is 2. The van der Waals surface area contributed by atoms with Gasteiger partial charge in [-0.15, -0.1) is 0 Å². The number of nitrogens with one attached hydrogen (secondary N) is 1. The number of hydrogen-bond donors (Lipinski definition) is 1. The molecule has 1 aliphatic rings. The molecular weight excluding hydrogens is 260 g/mol. The van der Waals surface area contributed by atoms with Crippen LogP contribution in [-0.4, -0.2) is 29.6 Å². The van der Waals surface area contributed by atoms with Crippen LogP contribution in [0.2, 0.25) is 0 Å². The smallest absolute Gasteiger partial charge is 0.0595 e. The van der Waals surface area contributed by atoms with E-state index in [1.165, 1.54) is 29.7 Å². The van der Waals surface area contributed by atoms with Gasteiger partial charge in [-0.05, 0) is 48.6 Å². The molecule has 1 saturated carbocycles. The van der Waals surface area contributed by atoms with Gasteiger partial charge in [0.2, 0.25) is 0 Å². The Morgan fingerprint density at radius 1 is 1.14 bits per heavy atom. The van der Waals surface area contributed by atoms with Crippen LogP contribution in [0.1, 0.15) is 24.0 Å². The molecule has 0 aromatic carbocycles. The Morgan fingerprint density at radius 3 is 2.67 bits per heavy atom. The molecule has 4 nitrogen and oxygen atoms in total. The van der Waals surface area contributed by atoms with Gasteiger partial charge in [0.15, 0.2) is 0 Å². The first kappa shape index (κ1) is 14.0. The fraction of sp³-hybridized carbons (Fsp3) is 0.412.